The van der Waals surface area contributed by atoms with Gasteiger partial charge in [0.1, 0.15) is 0 Å². The van der Waals surface area contributed by atoms with Gasteiger partial charge in [-0.15, -0.1) is 0 Å². The molecule has 0 amide bonds. The van der Waals surface area contributed by atoms with Crippen molar-refractivity contribution in [2.75, 3.05) is 0 Å². The molecule has 72 valence electrons. The Morgan fingerprint density at radius 3 is 3.08 bits per heavy atom. The summed E-state index contributed by atoms with van der Waals surface area (Å²) in [5, 5.41) is 0. The van der Waals surface area contributed by atoms with Gasteiger partial charge in [0.05, 0.1) is 12.2 Å². The molecular weight excluding hydrogens is 160 g/mol. The van der Waals surface area contributed by atoms with E-state index in [2.05, 4.69) is 6.92 Å². The Morgan fingerprint density at radius 1 is 1.23 bits per heavy atom. The van der Waals surface area contributed by atoms with Gasteiger partial charge in [-0.05, 0) is 49.9 Å². The number of ether oxygens (including phenoxy) is 1. The van der Waals surface area contributed by atoms with Crippen LogP contribution in [-0.4, -0.2) is 12.2 Å². The molecule has 0 radical (unpaired) electrons. The summed E-state index contributed by atoms with van der Waals surface area (Å²) in [5.41, 5.74) is 1.34. The van der Waals surface area contributed by atoms with Crippen molar-refractivity contribution in [1.29, 1.82) is 0 Å². The molecule has 1 heterocycles. The molecule has 4 aliphatic rings. The fourth-order valence-electron chi connectivity index (χ4n) is 5.26. The molecule has 0 aromatic heterocycles. The second kappa shape index (κ2) is 1.84. The van der Waals surface area contributed by atoms with Crippen molar-refractivity contribution in [3.05, 3.63) is 0 Å². The summed E-state index contributed by atoms with van der Waals surface area (Å²) in [6, 6.07) is 0. The second-order valence-corrected chi connectivity index (χ2v) is 6.03. The van der Waals surface area contributed by atoms with E-state index in [9.17, 15) is 0 Å². The Bertz CT molecular complexity index is 274. The molecule has 4 rings (SSSR count). The smallest absolute Gasteiger partial charge is 0.0644 e. The molecule has 4 fully saturated rings. The summed E-state index contributed by atoms with van der Waals surface area (Å²) >= 11 is 0. The maximum absolute atomic E-state index is 6.17. The topological polar surface area (TPSA) is 9.23 Å². The highest BCUT2D eigenvalue weighted by atomic mass is 16.5. The molecule has 3 bridgehead atoms. The number of fused-ring (bicyclic) bond motifs is 1. The van der Waals surface area contributed by atoms with E-state index in [-0.39, 0.29) is 0 Å². The normalized spacial score (nSPS) is 67.6. The van der Waals surface area contributed by atoms with Gasteiger partial charge in [0.2, 0.25) is 0 Å². The summed E-state index contributed by atoms with van der Waals surface area (Å²) in [6.07, 6.45) is 9.92. The van der Waals surface area contributed by atoms with Crippen molar-refractivity contribution in [3.63, 3.8) is 0 Å². The van der Waals surface area contributed by atoms with Crippen LogP contribution in [-0.2, 0) is 4.74 Å². The summed E-state index contributed by atoms with van der Waals surface area (Å²) in [5.74, 6) is 1.01. The summed E-state index contributed by atoms with van der Waals surface area (Å²) in [6.45, 7) is 2.57. The van der Waals surface area contributed by atoms with Crippen LogP contribution in [0.1, 0.15) is 45.4 Å². The molecule has 0 aromatic carbocycles. The monoisotopic (exact) mass is 178 g/mol. The van der Waals surface area contributed by atoms with Crippen LogP contribution in [0, 0.1) is 16.7 Å². The summed E-state index contributed by atoms with van der Waals surface area (Å²) < 4.78 is 6.17. The quantitative estimate of drug-likeness (QED) is 0.554. The van der Waals surface area contributed by atoms with Gasteiger partial charge < -0.3 is 4.74 Å². The minimum absolute atomic E-state index is 0.650. The standard InChI is InChI=1S/C12H18O/c1-11-4-3-9-7-12(11)5-2-8(11)6-10(12)13-9/h8-10H,2-7H2,1H3/t8-,9+,10+,11+,12-/m1/s1. The summed E-state index contributed by atoms with van der Waals surface area (Å²) in [7, 11) is 0. The van der Waals surface area contributed by atoms with Crippen molar-refractivity contribution in [2.45, 2.75) is 57.7 Å². The van der Waals surface area contributed by atoms with Gasteiger partial charge in [0.25, 0.3) is 0 Å². The maximum Gasteiger partial charge on any atom is 0.0644 e. The Morgan fingerprint density at radius 2 is 2.15 bits per heavy atom. The molecule has 3 aliphatic carbocycles. The van der Waals surface area contributed by atoms with E-state index in [1.807, 2.05) is 0 Å². The van der Waals surface area contributed by atoms with Crippen molar-refractivity contribution in [2.24, 2.45) is 16.7 Å². The molecule has 0 aromatic rings. The van der Waals surface area contributed by atoms with Crippen LogP contribution < -0.4 is 0 Å². The molecule has 1 saturated heterocycles. The van der Waals surface area contributed by atoms with E-state index < -0.39 is 0 Å². The first kappa shape index (κ1) is 7.28. The first-order chi connectivity index (χ1) is 6.25. The number of hydrogen-bond donors (Lipinski definition) is 0. The van der Waals surface area contributed by atoms with Gasteiger partial charge in [0.15, 0.2) is 0 Å². The number of hydrogen-bond acceptors (Lipinski definition) is 1. The van der Waals surface area contributed by atoms with Crippen LogP contribution in [0.5, 0.6) is 0 Å². The van der Waals surface area contributed by atoms with E-state index in [1.165, 1.54) is 38.5 Å². The van der Waals surface area contributed by atoms with Crippen molar-refractivity contribution < 1.29 is 4.74 Å². The van der Waals surface area contributed by atoms with Crippen LogP contribution in [0.25, 0.3) is 0 Å². The lowest BCUT2D eigenvalue weighted by Gasteiger charge is -2.43. The van der Waals surface area contributed by atoms with Crippen LogP contribution in [0.2, 0.25) is 0 Å². The molecule has 1 heteroatoms. The van der Waals surface area contributed by atoms with E-state index in [4.69, 9.17) is 4.74 Å². The highest BCUT2D eigenvalue weighted by Crippen LogP contribution is 2.75. The zero-order chi connectivity index (χ0) is 8.68. The minimum Gasteiger partial charge on any atom is -0.374 e. The van der Waals surface area contributed by atoms with Crippen LogP contribution in [0.15, 0.2) is 0 Å². The first-order valence-electron chi connectivity index (χ1n) is 5.90. The SMILES string of the molecule is C[C@@]12CC[C@H]3C[C@@]14CC[C@@H]2C[C@@H]4O3. The van der Waals surface area contributed by atoms with E-state index in [0.29, 0.717) is 23.0 Å². The lowest BCUT2D eigenvalue weighted by Crippen LogP contribution is -2.39. The fraction of sp³-hybridized carbons (Fsp3) is 1.00. The van der Waals surface area contributed by atoms with Crippen molar-refractivity contribution in [1.82, 2.24) is 0 Å². The molecule has 13 heavy (non-hydrogen) atoms. The van der Waals surface area contributed by atoms with Gasteiger partial charge >= 0.3 is 0 Å². The fourth-order valence-corrected chi connectivity index (χ4v) is 5.26. The second-order valence-electron chi connectivity index (χ2n) is 6.03. The van der Waals surface area contributed by atoms with Crippen LogP contribution in [0.3, 0.4) is 0 Å². The van der Waals surface area contributed by atoms with Gasteiger partial charge in [0, 0.05) is 5.41 Å². The zero-order valence-corrected chi connectivity index (χ0v) is 8.38. The Balaban J connectivity index is 1.93. The van der Waals surface area contributed by atoms with E-state index in [0.717, 1.165) is 5.92 Å². The Kier molecular flexibility index (Phi) is 1.03. The predicted octanol–water partition coefficient (Wildman–Crippen LogP) is 2.74. The molecule has 1 spiro atoms. The molecular formula is C12H18O. The van der Waals surface area contributed by atoms with E-state index >= 15 is 0 Å². The number of rotatable bonds is 0. The third-order valence-electron chi connectivity index (χ3n) is 6.03. The lowest BCUT2D eigenvalue weighted by molar-refractivity contribution is 0.0165. The molecule has 0 unspecified atom stereocenters. The minimum atomic E-state index is 0.650. The highest BCUT2D eigenvalue weighted by molar-refractivity contribution is 5.20. The van der Waals surface area contributed by atoms with Crippen LogP contribution >= 0.6 is 0 Å². The van der Waals surface area contributed by atoms with Gasteiger partial charge in [-0.25, -0.2) is 0 Å². The Hall–Kier alpha value is -0.0400. The average Bonchev–Trinajstić information content (AvgIpc) is 2.66. The maximum atomic E-state index is 6.17. The van der Waals surface area contributed by atoms with Gasteiger partial charge in [-0.1, -0.05) is 6.92 Å². The molecule has 3 saturated carbocycles. The Labute approximate surface area is 79.8 Å². The van der Waals surface area contributed by atoms with E-state index in [1.54, 1.807) is 0 Å². The summed E-state index contributed by atoms with van der Waals surface area (Å²) in [4.78, 5) is 0. The van der Waals surface area contributed by atoms with Crippen LogP contribution in [0.4, 0.5) is 0 Å². The molecule has 1 nitrogen and oxygen atoms in total. The third kappa shape index (κ3) is 0.562. The zero-order valence-electron chi connectivity index (χ0n) is 8.38. The molecule has 5 atom stereocenters. The third-order valence-corrected chi connectivity index (χ3v) is 6.03. The average molecular weight is 178 g/mol. The molecule has 1 aliphatic heterocycles. The predicted molar refractivity (Wildman–Crippen MR) is 50.4 cm³/mol. The van der Waals surface area contributed by atoms with Crippen molar-refractivity contribution in [3.8, 4) is 0 Å². The molecule has 0 N–H and O–H groups in total. The lowest BCUT2D eigenvalue weighted by atomic mass is 9.60. The van der Waals surface area contributed by atoms with Gasteiger partial charge in [-0.2, -0.15) is 0 Å². The van der Waals surface area contributed by atoms with Gasteiger partial charge in [-0.3, -0.25) is 0 Å². The highest BCUT2D eigenvalue weighted by Gasteiger charge is 2.71. The first-order valence-corrected chi connectivity index (χ1v) is 5.90. The van der Waals surface area contributed by atoms with Crippen molar-refractivity contribution >= 4 is 0 Å². The largest absolute Gasteiger partial charge is 0.374 e.